The van der Waals surface area contributed by atoms with Gasteiger partial charge in [0.05, 0.1) is 43.5 Å². The fourth-order valence-electron chi connectivity index (χ4n) is 17.6. The number of furan rings is 2. The van der Waals surface area contributed by atoms with Gasteiger partial charge in [-0.25, -0.2) is 0 Å². The van der Waals surface area contributed by atoms with Gasteiger partial charge in [0, 0.05) is 100 Å². The predicted octanol–water partition coefficient (Wildman–Crippen LogP) is 32.8. The summed E-state index contributed by atoms with van der Waals surface area (Å²) in [6.07, 6.45) is 0. The Balaban J connectivity index is 0.000000106. The lowest BCUT2D eigenvalue weighted by Gasteiger charge is -2.10. The number of halogens is 3. The van der Waals surface area contributed by atoms with Crippen molar-refractivity contribution in [3.8, 4) is 83.8 Å². The third kappa shape index (κ3) is 12.3. The second-order valence-corrected chi connectivity index (χ2v) is 33.4. The first-order chi connectivity index (χ1) is 57.7. The number of nitrogens with zero attached hydrogens (tertiary/aromatic N) is 3. The molecule has 0 bridgehead atoms. The largest absolute Gasteiger partial charge is 0.456 e. The van der Waals surface area contributed by atoms with Gasteiger partial charge in [-0.1, -0.05) is 297 Å². The van der Waals surface area contributed by atoms with Crippen LogP contribution in [0, 0.1) is 0 Å². The number of fused-ring (bicyclic) bond motifs is 18. The monoisotopic (exact) mass is 1710 g/mol. The smallest absolute Gasteiger partial charge is 0.137 e. The van der Waals surface area contributed by atoms with Gasteiger partial charge in [0.2, 0.25) is 0 Å². The Hall–Kier alpha value is -13.4. The topological polar surface area (TPSA) is 41.1 Å². The van der Waals surface area contributed by atoms with E-state index in [1.165, 1.54) is 158 Å². The van der Waals surface area contributed by atoms with Crippen molar-refractivity contribution in [2.24, 2.45) is 0 Å². The normalized spacial score (nSPS) is 11.7. The zero-order valence-corrected chi connectivity index (χ0v) is 68.4. The van der Waals surface area contributed by atoms with Crippen molar-refractivity contribution in [2.45, 2.75) is 0 Å². The molecule has 0 aliphatic heterocycles. The van der Waals surface area contributed by atoms with Gasteiger partial charge < -0.3 is 22.5 Å². The van der Waals surface area contributed by atoms with Crippen molar-refractivity contribution < 1.29 is 8.83 Å². The number of aromatic nitrogens is 3. The van der Waals surface area contributed by atoms with Crippen molar-refractivity contribution >= 4 is 189 Å². The number of rotatable bonds is 9. The number of para-hydroxylation sites is 5. The van der Waals surface area contributed by atoms with Gasteiger partial charge in [-0.2, -0.15) is 0 Å². The van der Waals surface area contributed by atoms with Crippen LogP contribution in [-0.2, 0) is 0 Å². The molecule has 24 rings (SSSR count). The molecule has 24 aromatic rings. The Bertz CT molecular complexity index is 8090. The minimum absolute atomic E-state index is 0.903. The van der Waals surface area contributed by atoms with E-state index in [0.29, 0.717) is 0 Å². The first-order valence-corrected chi connectivity index (χ1v) is 42.3. The number of hydrogen-bond acceptors (Lipinski definition) is 3. The van der Waals surface area contributed by atoms with E-state index in [0.717, 1.165) is 68.7 Å². The molecule has 0 spiro atoms. The zero-order chi connectivity index (χ0) is 77.8. The quantitative estimate of drug-likeness (QED) is 0.145. The highest BCUT2D eigenvalue weighted by atomic mass is 79.9. The Morgan fingerprint density at radius 3 is 1.04 bits per heavy atom. The highest BCUT2D eigenvalue weighted by Gasteiger charge is 2.22. The molecule has 6 heterocycles. The minimum atomic E-state index is 0.903. The second kappa shape index (κ2) is 29.2. The van der Waals surface area contributed by atoms with Crippen LogP contribution < -0.4 is 0 Å². The minimum Gasteiger partial charge on any atom is -0.456 e. The van der Waals surface area contributed by atoms with Gasteiger partial charge in [-0.15, -0.1) is 11.3 Å². The average molecular weight is 1710 g/mol. The summed E-state index contributed by atoms with van der Waals surface area (Å²) in [4.78, 5) is 0. The first kappa shape index (κ1) is 70.3. The van der Waals surface area contributed by atoms with E-state index in [1.54, 1.807) is 0 Å². The highest BCUT2D eigenvalue weighted by molar-refractivity contribution is 9.11. The van der Waals surface area contributed by atoms with E-state index in [4.69, 9.17) is 8.83 Å². The Labute approximate surface area is 702 Å². The molecule has 552 valence electrons. The lowest BCUT2D eigenvalue weighted by Crippen LogP contribution is -1.93. The summed E-state index contributed by atoms with van der Waals surface area (Å²) >= 11 is 13.0. The summed E-state index contributed by atoms with van der Waals surface area (Å²) in [5.74, 6) is 0. The molecule has 0 fully saturated rings. The molecule has 0 atom stereocenters. The molecule has 5 nitrogen and oxygen atoms in total. The summed E-state index contributed by atoms with van der Waals surface area (Å²) in [5, 5.41) is 14.7. The lowest BCUT2D eigenvalue weighted by atomic mass is 9.98. The molecule has 117 heavy (non-hydrogen) atoms. The van der Waals surface area contributed by atoms with E-state index in [2.05, 4.69) is 425 Å². The molecule has 6 aromatic heterocycles. The van der Waals surface area contributed by atoms with Crippen molar-refractivity contribution in [2.75, 3.05) is 0 Å². The van der Waals surface area contributed by atoms with Gasteiger partial charge >= 0.3 is 0 Å². The van der Waals surface area contributed by atoms with E-state index in [-0.39, 0.29) is 0 Å². The third-order valence-corrected chi connectivity index (χ3v) is 26.3. The summed E-state index contributed by atoms with van der Waals surface area (Å²) in [5.41, 5.74) is 28.7. The van der Waals surface area contributed by atoms with Crippen LogP contribution in [0.2, 0.25) is 0 Å². The molecule has 0 aliphatic carbocycles. The molecule has 0 saturated carbocycles. The Morgan fingerprint density at radius 2 is 0.538 bits per heavy atom. The molecule has 0 aliphatic rings. The fourth-order valence-corrected chi connectivity index (χ4v) is 20.3. The first-order valence-electron chi connectivity index (χ1n) is 39.1. The highest BCUT2D eigenvalue weighted by Crippen LogP contribution is 2.46. The Morgan fingerprint density at radius 1 is 0.197 bits per heavy atom. The van der Waals surface area contributed by atoms with Gasteiger partial charge in [0.25, 0.3) is 0 Å². The van der Waals surface area contributed by atoms with Crippen LogP contribution in [0.5, 0.6) is 0 Å². The number of benzene rings is 18. The molecule has 0 saturated heterocycles. The van der Waals surface area contributed by atoms with E-state index in [9.17, 15) is 0 Å². The van der Waals surface area contributed by atoms with Crippen LogP contribution in [0.15, 0.2) is 423 Å². The Kier molecular flexibility index (Phi) is 17.5. The van der Waals surface area contributed by atoms with Gasteiger partial charge in [0.15, 0.2) is 0 Å². The van der Waals surface area contributed by atoms with Crippen LogP contribution >= 0.6 is 59.1 Å². The summed E-state index contributed by atoms with van der Waals surface area (Å²) in [7, 11) is 0. The maximum atomic E-state index is 6.23. The van der Waals surface area contributed by atoms with Crippen molar-refractivity contribution in [3.63, 3.8) is 0 Å². The maximum absolute atomic E-state index is 6.23. The molecule has 0 N–H and O–H groups in total. The van der Waals surface area contributed by atoms with Crippen LogP contribution in [-0.4, -0.2) is 13.7 Å². The summed E-state index contributed by atoms with van der Waals surface area (Å²) in [6.45, 7) is 0. The lowest BCUT2D eigenvalue weighted by molar-refractivity contribution is 0.668. The van der Waals surface area contributed by atoms with E-state index in [1.807, 2.05) is 47.7 Å². The molecular formula is C108H66Br3N3O2S. The van der Waals surface area contributed by atoms with Crippen LogP contribution in [0.1, 0.15) is 0 Å². The third-order valence-electron chi connectivity index (χ3n) is 23.0. The van der Waals surface area contributed by atoms with Crippen LogP contribution in [0.3, 0.4) is 0 Å². The second-order valence-electron chi connectivity index (χ2n) is 29.7. The SMILES string of the molecule is Brc1ccccc1-c1cccc(-c2ccc3c(c2)c2ccccc2n3-c2ccc3c(c2)oc2ccccc23)c1.Brc1ccccc1-c1cccc(-c2ccc3c(c2)c2ccccc2n3-c2ccc3oc4ccccc4c3c2)c1.Brc1ccccc1-c1cccc(-c2ccc3c(c2)c2ccccc2n3-c2cccc3c2sc2ccccc23)c1. The van der Waals surface area contributed by atoms with E-state index >= 15 is 0 Å². The molecule has 0 radical (unpaired) electrons. The van der Waals surface area contributed by atoms with Crippen molar-refractivity contribution in [1.82, 2.24) is 13.7 Å². The van der Waals surface area contributed by atoms with Gasteiger partial charge in [0.1, 0.15) is 22.3 Å². The molecule has 18 aromatic carbocycles. The molecule has 9 heteroatoms. The summed E-state index contributed by atoms with van der Waals surface area (Å²) < 4.78 is 25.5. The number of thiophene rings is 1. The van der Waals surface area contributed by atoms with Crippen LogP contribution in [0.4, 0.5) is 0 Å². The average Bonchev–Trinajstić information content (AvgIpc) is 1.57. The van der Waals surface area contributed by atoms with Gasteiger partial charge in [-0.3, -0.25) is 0 Å². The van der Waals surface area contributed by atoms with Crippen molar-refractivity contribution in [1.29, 1.82) is 0 Å². The van der Waals surface area contributed by atoms with Crippen LogP contribution in [0.25, 0.3) is 213 Å². The molecule has 0 amide bonds. The summed E-state index contributed by atoms with van der Waals surface area (Å²) in [6, 6.07) is 143. The molecule has 0 unspecified atom stereocenters. The molecular weight excluding hydrogens is 1640 g/mol. The number of hydrogen-bond donors (Lipinski definition) is 0. The van der Waals surface area contributed by atoms with E-state index < -0.39 is 0 Å². The predicted molar refractivity (Wildman–Crippen MR) is 506 cm³/mol. The standard InChI is InChI=1S/2C36H22BrNO.C36H22BrNS/c37-32-13-4-1-10-27(32)25-9-7-8-23(20-25)24-16-19-34-31(21-24)28-11-2-5-14-33(28)38(34)26-17-18-30-29-12-3-6-15-35(29)39-36(30)22-26;37-32-13-4-1-10-27(32)25-9-7-8-23(20-25)24-16-18-34-30(21-24)28-11-2-5-14-33(28)38(34)26-17-19-36-31(22-26)29-12-3-6-15-35(29)39-36;37-31-15-4-1-11-26(31)25-10-7-9-23(21-25)24-19-20-33-30(22-24)27-12-2-5-16-32(27)38(33)34-17-8-14-29-28-13-3-6-18-35(28)39-36(29)34/h3*1-22H. The maximum Gasteiger partial charge on any atom is 0.137 e. The fraction of sp³-hybridized carbons (Fsp3) is 0. The van der Waals surface area contributed by atoms with Gasteiger partial charge in [-0.05, 0) is 212 Å². The van der Waals surface area contributed by atoms with Crippen molar-refractivity contribution in [3.05, 3.63) is 414 Å². The zero-order valence-electron chi connectivity index (χ0n) is 62.8.